The third-order valence-electron chi connectivity index (χ3n) is 5.20. The number of pyridine rings is 1. The number of amides is 1. The Labute approximate surface area is 181 Å². The summed E-state index contributed by atoms with van der Waals surface area (Å²) in [5, 5.41) is 3.11. The zero-order valence-electron chi connectivity index (χ0n) is 16.8. The van der Waals surface area contributed by atoms with Crippen LogP contribution in [0.1, 0.15) is 21.5 Å². The van der Waals surface area contributed by atoms with E-state index in [1.54, 1.807) is 48.8 Å². The van der Waals surface area contributed by atoms with Crippen LogP contribution >= 0.6 is 0 Å². The van der Waals surface area contributed by atoms with Crippen LogP contribution in [0.15, 0.2) is 70.5 Å². The number of nitrogens with zero attached hydrogens (tertiary/aromatic N) is 2. The van der Waals surface area contributed by atoms with Gasteiger partial charge in [-0.25, -0.2) is 4.79 Å². The number of nitrogens with one attached hydrogen (secondary N) is 2. The summed E-state index contributed by atoms with van der Waals surface area (Å²) in [5.41, 5.74) is 1.23. The van der Waals surface area contributed by atoms with Gasteiger partial charge in [-0.05, 0) is 47.5 Å². The van der Waals surface area contributed by atoms with Gasteiger partial charge in [-0.1, -0.05) is 12.1 Å². The van der Waals surface area contributed by atoms with E-state index in [0.29, 0.717) is 34.5 Å². The van der Waals surface area contributed by atoms with Crippen molar-refractivity contribution >= 4 is 16.8 Å². The van der Waals surface area contributed by atoms with Crippen molar-refractivity contribution in [3.63, 3.8) is 0 Å². The molecule has 4 aromatic rings. The standard InChI is InChI=1S/C23H18N4O5/c28-21(25-11-15-2-1-7-24-10-15)16-4-5-17-18(9-16)26-23(30)27(22(17)29)12-14-3-6-19-20(8-14)32-13-31-19/h1-10H,11-13H2,(H,25,28)(H,26,30). The van der Waals surface area contributed by atoms with Crippen LogP contribution in [0, 0.1) is 0 Å². The van der Waals surface area contributed by atoms with Gasteiger partial charge in [0.2, 0.25) is 6.79 Å². The van der Waals surface area contributed by atoms with Gasteiger partial charge in [-0.15, -0.1) is 0 Å². The highest BCUT2D eigenvalue weighted by molar-refractivity contribution is 5.97. The predicted octanol–water partition coefficient (Wildman–Crippen LogP) is 1.79. The SMILES string of the molecule is O=C(NCc1cccnc1)c1ccc2c(=O)n(Cc3ccc4c(c3)OCO4)c(=O)[nH]c2c1. The maximum atomic E-state index is 13.0. The van der Waals surface area contributed by atoms with Crippen LogP contribution in [0.5, 0.6) is 11.5 Å². The number of fused-ring (bicyclic) bond motifs is 2. The summed E-state index contributed by atoms with van der Waals surface area (Å²) >= 11 is 0. The van der Waals surface area contributed by atoms with Gasteiger partial charge >= 0.3 is 5.69 Å². The van der Waals surface area contributed by atoms with Crippen molar-refractivity contribution < 1.29 is 14.3 Å². The van der Waals surface area contributed by atoms with Crippen molar-refractivity contribution in [2.45, 2.75) is 13.1 Å². The monoisotopic (exact) mass is 430 g/mol. The lowest BCUT2D eigenvalue weighted by Gasteiger charge is -2.09. The molecule has 1 amide bonds. The summed E-state index contributed by atoms with van der Waals surface area (Å²) in [6.45, 7) is 0.542. The topological polar surface area (TPSA) is 115 Å². The van der Waals surface area contributed by atoms with Crippen LogP contribution < -0.4 is 26.0 Å². The summed E-state index contributed by atoms with van der Waals surface area (Å²) in [4.78, 5) is 44.8. The fourth-order valence-electron chi connectivity index (χ4n) is 3.55. The number of hydrogen-bond acceptors (Lipinski definition) is 6. The van der Waals surface area contributed by atoms with Crippen LogP contribution in [0.2, 0.25) is 0 Å². The number of aromatic nitrogens is 3. The van der Waals surface area contributed by atoms with E-state index in [1.165, 1.54) is 6.07 Å². The Morgan fingerprint density at radius 2 is 1.94 bits per heavy atom. The molecular weight excluding hydrogens is 412 g/mol. The second-order valence-electron chi connectivity index (χ2n) is 7.31. The first-order chi connectivity index (χ1) is 15.6. The molecule has 0 atom stereocenters. The third-order valence-corrected chi connectivity index (χ3v) is 5.20. The van der Waals surface area contributed by atoms with Crippen molar-refractivity contribution in [1.82, 2.24) is 19.9 Å². The molecule has 0 saturated heterocycles. The van der Waals surface area contributed by atoms with Crippen molar-refractivity contribution in [1.29, 1.82) is 0 Å². The smallest absolute Gasteiger partial charge is 0.329 e. The zero-order chi connectivity index (χ0) is 22.1. The number of rotatable bonds is 5. The molecule has 2 aromatic heterocycles. The molecule has 0 bridgehead atoms. The molecule has 1 aliphatic heterocycles. The number of H-pyrrole nitrogens is 1. The molecule has 9 heteroatoms. The molecule has 160 valence electrons. The molecule has 0 radical (unpaired) electrons. The van der Waals surface area contributed by atoms with E-state index < -0.39 is 11.2 Å². The molecule has 0 saturated carbocycles. The molecule has 2 aromatic carbocycles. The average molecular weight is 430 g/mol. The summed E-state index contributed by atoms with van der Waals surface area (Å²) < 4.78 is 11.8. The van der Waals surface area contributed by atoms with Gasteiger partial charge in [0.15, 0.2) is 11.5 Å². The van der Waals surface area contributed by atoms with Gasteiger partial charge in [0.1, 0.15) is 0 Å². The molecule has 0 unspecified atom stereocenters. The third kappa shape index (κ3) is 3.71. The van der Waals surface area contributed by atoms with Gasteiger partial charge in [-0.3, -0.25) is 19.1 Å². The molecular formula is C23H18N4O5. The molecule has 0 fully saturated rings. The molecule has 0 aliphatic carbocycles. The van der Waals surface area contributed by atoms with E-state index in [1.807, 2.05) is 6.07 Å². The van der Waals surface area contributed by atoms with Crippen molar-refractivity contribution in [3.8, 4) is 11.5 Å². The van der Waals surface area contributed by atoms with Crippen LogP contribution in [-0.2, 0) is 13.1 Å². The number of hydrogen-bond donors (Lipinski definition) is 2. The second-order valence-corrected chi connectivity index (χ2v) is 7.31. The first-order valence-electron chi connectivity index (χ1n) is 9.91. The summed E-state index contributed by atoms with van der Waals surface area (Å²) in [6.07, 6.45) is 3.32. The lowest BCUT2D eigenvalue weighted by atomic mass is 10.1. The van der Waals surface area contributed by atoms with Gasteiger partial charge < -0.3 is 19.8 Å². The van der Waals surface area contributed by atoms with Crippen molar-refractivity contribution in [2.75, 3.05) is 6.79 Å². The Kier molecular flexibility index (Phi) is 4.91. The highest BCUT2D eigenvalue weighted by Gasteiger charge is 2.15. The quantitative estimate of drug-likeness (QED) is 0.499. The first kappa shape index (κ1) is 19.6. The summed E-state index contributed by atoms with van der Waals surface area (Å²) in [5.74, 6) is 0.888. The largest absolute Gasteiger partial charge is 0.454 e. The van der Waals surface area contributed by atoms with Gasteiger partial charge in [0.25, 0.3) is 11.5 Å². The Morgan fingerprint density at radius 1 is 1.06 bits per heavy atom. The highest BCUT2D eigenvalue weighted by Crippen LogP contribution is 2.32. The predicted molar refractivity (Wildman–Crippen MR) is 116 cm³/mol. The Morgan fingerprint density at radius 3 is 2.78 bits per heavy atom. The average Bonchev–Trinajstić information content (AvgIpc) is 3.28. The maximum Gasteiger partial charge on any atom is 0.329 e. The van der Waals surface area contributed by atoms with E-state index >= 15 is 0 Å². The number of aromatic amines is 1. The summed E-state index contributed by atoms with van der Waals surface area (Å²) in [6, 6.07) is 13.5. The van der Waals surface area contributed by atoms with Gasteiger partial charge in [0.05, 0.1) is 17.4 Å². The van der Waals surface area contributed by atoms with Crippen LogP contribution in [0.3, 0.4) is 0 Å². The zero-order valence-corrected chi connectivity index (χ0v) is 16.8. The number of carbonyl (C=O) groups excluding carboxylic acids is 1. The van der Waals surface area contributed by atoms with Crippen LogP contribution in [0.4, 0.5) is 0 Å². The Balaban J connectivity index is 1.41. The number of carbonyl (C=O) groups is 1. The lowest BCUT2D eigenvalue weighted by Crippen LogP contribution is -2.35. The minimum absolute atomic E-state index is 0.0775. The van der Waals surface area contributed by atoms with E-state index in [0.717, 1.165) is 15.7 Å². The Bertz CT molecular complexity index is 1440. The maximum absolute atomic E-state index is 13.0. The Hall–Kier alpha value is -4.40. The molecule has 32 heavy (non-hydrogen) atoms. The normalized spacial score (nSPS) is 12.1. The molecule has 9 nitrogen and oxygen atoms in total. The lowest BCUT2D eigenvalue weighted by molar-refractivity contribution is 0.0951. The molecule has 0 spiro atoms. The molecule has 3 heterocycles. The van der Waals surface area contributed by atoms with Gasteiger partial charge in [0, 0.05) is 24.5 Å². The van der Waals surface area contributed by atoms with E-state index in [-0.39, 0.29) is 19.2 Å². The van der Waals surface area contributed by atoms with Crippen LogP contribution in [0.25, 0.3) is 10.9 Å². The van der Waals surface area contributed by atoms with E-state index in [4.69, 9.17) is 9.47 Å². The summed E-state index contributed by atoms with van der Waals surface area (Å²) in [7, 11) is 0. The molecule has 1 aliphatic rings. The number of ether oxygens (including phenoxy) is 2. The van der Waals surface area contributed by atoms with Crippen molar-refractivity contribution in [2.24, 2.45) is 0 Å². The number of benzene rings is 2. The van der Waals surface area contributed by atoms with Crippen molar-refractivity contribution in [3.05, 3.63) is 98.5 Å². The molecule has 5 rings (SSSR count). The minimum atomic E-state index is -0.562. The fraction of sp³-hybridized carbons (Fsp3) is 0.130. The molecule has 2 N–H and O–H groups in total. The van der Waals surface area contributed by atoms with E-state index in [9.17, 15) is 14.4 Å². The minimum Gasteiger partial charge on any atom is -0.454 e. The second kappa shape index (κ2) is 8.03. The first-order valence-corrected chi connectivity index (χ1v) is 9.91. The van der Waals surface area contributed by atoms with Crippen LogP contribution in [-0.4, -0.2) is 27.2 Å². The van der Waals surface area contributed by atoms with E-state index in [2.05, 4.69) is 15.3 Å². The van der Waals surface area contributed by atoms with Gasteiger partial charge in [-0.2, -0.15) is 0 Å². The highest BCUT2D eigenvalue weighted by atomic mass is 16.7. The fourth-order valence-corrected chi connectivity index (χ4v) is 3.55.